The molecule has 2 rings (SSSR count). The van der Waals surface area contributed by atoms with Gasteiger partial charge < -0.3 is 8.86 Å². The lowest BCUT2D eigenvalue weighted by atomic mass is 10.1. The average Bonchev–Trinajstić information content (AvgIpc) is 2.29. The molecule has 90 valence electrons. The largest absolute Gasteiger partial charge is 0.755 e. The number of rotatable bonds is 3. The predicted molar refractivity (Wildman–Crippen MR) is 71.4 cm³/mol. The number of anilines is 1. The molecule has 0 spiro atoms. The van der Waals surface area contributed by atoms with Crippen LogP contribution in [0.1, 0.15) is 6.92 Å². The van der Waals surface area contributed by atoms with Crippen molar-refractivity contribution < 1.29 is 8.76 Å². The molecular formula is C11H10BrN2O2S-. The molecular weight excluding hydrogens is 304 g/mol. The second kappa shape index (κ2) is 5.12. The quantitative estimate of drug-likeness (QED) is 0.818. The maximum Gasteiger partial charge on any atom is 0.0573 e. The van der Waals surface area contributed by atoms with Crippen LogP contribution in [-0.2, 0) is 11.3 Å². The summed E-state index contributed by atoms with van der Waals surface area (Å²) in [4.78, 5) is 4.03. The standard InChI is InChI=1S/C11H11BrN2O2S/c1-2-14(17(15)16)11-6-9(12)5-8-7-13-4-3-10(8)11/h3-7H,2H2,1H3,(H,15,16)/p-1. The molecule has 2 aromatic rings. The molecule has 6 heteroatoms. The molecule has 17 heavy (non-hydrogen) atoms. The number of aromatic nitrogens is 1. The van der Waals surface area contributed by atoms with E-state index in [0.717, 1.165) is 15.2 Å². The van der Waals surface area contributed by atoms with Gasteiger partial charge in [0.15, 0.2) is 0 Å². The topological polar surface area (TPSA) is 56.3 Å². The molecule has 0 fully saturated rings. The third-order valence-corrected chi connectivity index (χ3v) is 3.70. The van der Waals surface area contributed by atoms with Gasteiger partial charge in [0.2, 0.25) is 0 Å². The van der Waals surface area contributed by atoms with Crippen LogP contribution in [0.15, 0.2) is 35.1 Å². The fourth-order valence-corrected chi connectivity index (χ4v) is 2.70. The number of pyridine rings is 1. The van der Waals surface area contributed by atoms with E-state index < -0.39 is 11.3 Å². The van der Waals surface area contributed by atoms with Gasteiger partial charge in [-0.25, -0.2) is 0 Å². The minimum absolute atomic E-state index is 0.393. The van der Waals surface area contributed by atoms with Crippen molar-refractivity contribution in [2.75, 3.05) is 10.8 Å². The van der Waals surface area contributed by atoms with Crippen LogP contribution >= 0.6 is 15.9 Å². The van der Waals surface area contributed by atoms with Gasteiger partial charge in [0, 0.05) is 45.5 Å². The van der Waals surface area contributed by atoms with Gasteiger partial charge >= 0.3 is 0 Å². The van der Waals surface area contributed by atoms with Crippen molar-refractivity contribution >= 4 is 43.7 Å². The van der Waals surface area contributed by atoms with E-state index in [1.807, 2.05) is 12.1 Å². The van der Waals surface area contributed by atoms with E-state index >= 15 is 0 Å². The van der Waals surface area contributed by atoms with Gasteiger partial charge in [0.05, 0.1) is 5.69 Å². The van der Waals surface area contributed by atoms with E-state index in [1.165, 1.54) is 4.31 Å². The van der Waals surface area contributed by atoms with E-state index in [1.54, 1.807) is 25.4 Å². The molecule has 1 atom stereocenters. The third-order valence-electron chi connectivity index (χ3n) is 2.43. The third kappa shape index (κ3) is 2.48. The van der Waals surface area contributed by atoms with E-state index in [4.69, 9.17) is 0 Å². The van der Waals surface area contributed by atoms with Crippen LogP contribution in [0.2, 0.25) is 0 Å². The minimum Gasteiger partial charge on any atom is -0.755 e. The monoisotopic (exact) mass is 313 g/mol. The van der Waals surface area contributed by atoms with Gasteiger partial charge in [0.25, 0.3) is 0 Å². The average molecular weight is 314 g/mol. The Bertz CT molecular complexity index is 576. The zero-order valence-corrected chi connectivity index (χ0v) is 11.5. The molecule has 0 amide bonds. The summed E-state index contributed by atoms with van der Waals surface area (Å²) in [6, 6.07) is 5.52. The van der Waals surface area contributed by atoms with Crippen molar-refractivity contribution in [2.45, 2.75) is 6.92 Å². The van der Waals surface area contributed by atoms with Gasteiger partial charge in [-0.1, -0.05) is 15.9 Å². The number of halogens is 1. The van der Waals surface area contributed by atoms with Crippen molar-refractivity contribution in [3.8, 4) is 0 Å². The van der Waals surface area contributed by atoms with Gasteiger partial charge in [0.1, 0.15) is 0 Å². The van der Waals surface area contributed by atoms with Crippen LogP contribution in [0.5, 0.6) is 0 Å². The molecule has 0 saturated heterocycles. The highest BCUT2D eigenvalue weighted by atomic mass is 79.9. The lowest BCUT2D eigenvalue weighted by Gasteiger charge is -2.26. The number of fused-ring (bicyclic) bond motifs is 1. The number of benzene rings is 1. The smallest absolute Gasteiger partial charge is 0.0573 e. The Morgan fingerprint density at radius 1 is 1.53 bits per heavy atom. The SMILES string of the molecule is CCN(c1cc(Br)cc2cnccc12)S(=O)[O-]. The van der Waals surface area contributed by atoms with Crippen LogP contribution in [0.4, 0.5) is 5.69 Å². The first kappa shape index (κ1) is 12.5. The van der Waals surface area contributed by atoms with Crippen molar-refractivity contribution in [2.24, 2.45) is 0 Å². The van der Waals surface area contributed by atoms with Crippen LogP contribution in [-0.4, -0.2) is 20.3 Å². The van der Waals surface area contributed by atoms with Crippen LogP contribution in [0.3, 0.4) is 0 Å². The summed E-state index contributed by atoms with van der Waals surface area (Å²) in [6.07, 6.45) is 3.37. The van der Waals surface area contributed by atoms with E-state index in [-0.39, 0.29) is 0 Å². The first-order valence-electron chi connectivity index (χ1n) is 5.03. The molecule has 0 bridgehead atoms. The summed E-state index contributed by atoms with van der Waals surface area (Å²) >= 11 is 1.10. The summed E-state index contributed by atoms with van der Waals surface area (Å²) in [5.74, 6) is 0. The Kier molecular flexibility index (Phi) is 3.76. The Morgan fingerprint density at radius 2 is 2.29 bits per heavy atom. The Morgan fingerprint density at radius 3 is 2.94 bits per heavy atom. The van der Waals surface area contributed by atoms with E-state index in [2.05, 4.69) is 20.9 Å². The first-order valence-corrected chi connectivity index (χ1v) is 6.86. The molecule has 0 aliphatic heterocycles. The number of hydrogen-bond donors (Lipinski definition) is 0. The maximum absolute atomic E-state index is 11.2. The van der Waals surface area contributed by atoms with Crippen LogP contribution in [0.25, 0.3) is 10.8 Å². The lowest BCUT2D eigenvalue weighted by molar-refractivity contribution is 0.533. The van der Waals surface area contributed by atoms with Crippen molar-refractivity contribution in [1.82, 2.24) is 4.98 Å². The molecule has 1 heterocycles. The summed E-state index contributed by atoms with van der Waals surface area (Å²) in [6.45, 7) is 2.19. The molecule has 0 radical (unpaired) electrons. The highest BCUT2D eigenvalue weighted by Gasteiger charge is 2.10. The maximum atomic E-state index is 11.2. The zero-order chi connectivity index (χ0) is 12.4. The fraction of sp³-hybridized carbons (Fsp3) is 0.182. The highest BCUT2D eigenvalue weighted by Crippen LogP contribution is 2.30. The summed E-state index contributed by atoms with van der Waals surface area (Å²) in [5, 5.41) is 1.77. The van der Waals surface area contributed by atoms with Crippen LogP contribution < -0.4 is 4.31 Å². The van der Waals surface area contributed by atoms with Gasteiger partial charge in [-0.2, -0.15) is 0 Å². The fourth-order valence-electron chi connectivity index (χ4n) is 1.72. The Hall–Kier alpha value is -0.980. The van der Waals surface area contributed by atoms with Crippen molar-refractivity contribution in [1.29, 1.82) is 0 Å². The summed E-state index contributed by atoms with van der Waals surface area (Å²) in [7, 11) is 0. The summed E-state index contributed by atoms with van der Waals surface area (Å²) in [5.41, 5.74) is 0.660. The predicted octanol–water partition coefficient (Wildman–Crippen LogP) is 2.62. The second-order valence-electron chi connectivity index (χ2n) is 3.43. The zero-order valence-electron chi connectivity index (χ0n) is 9.09. The molecule has 0 saturated carbocycles. The van der Waals surface area contributed by atoms with Crippen molar-refractivity contribution in [3.05, 3.63) is 35.1 Å². The van der Waals surface area contributed by atoms with E-state index in [0.29, 0.717) is 12.2 Å². The normalized spacial score (nSPS) is 12.6. The first-order chi connectivity index (χ1) is 8.13. The Labute approximate surface area is 110 Å². The molecule has 4 nitrogen and oxygen atoms in total. The van der Waals surface area contributed by atoms with Gasteiger partial charge in [-0.3, -0.25) is 9.19 Å². The lowest BCUT2D eigenvalue weighted by Crippen LogP contribution is -2.25. The molecule has 1 aromatic heterocycles. The molecule has 0 aliphatic rings. The van der Waals surface area contributed by atoms with Gasteiger partial charge in [-0.05, 0) is 25.1 Å². The van der Waals surface area contributed by atoms with Gasteiger partial charge in [-0.15, -0.1) is 0 Å². The highest BCUT2D eigenvalue weighted by molar-refractivity contribution is 9.10. The molecule has 0 aliphatic carbocycles. The minimum atomic E-state index is -2.28. The molecule has 1 unspecified atom stereocenters. The molecule has 1 aromatic carbocycles. The second-order valence-corrected chi connectivity index (χ2v) is 5.22. The summed E-state index contributed by atoms with van der Waals surface area (Å²) < 4.78 is 24.5. The van der Waals surface area contributed by atoms with Crippen LogP contribution in [0, 0.1) is 0 Å². The molecule has 0 N–H and O–H groups in total. The number of nitrogens with zero attached hydrogens (tertiary/aromatic N) is 2. The van der Waals surface area contributed by atoms with Crippen molar-refractivity contribution in [3.63, 3.8) is 0 Å². The van der Waals surface area contributed by atoms with E-state index in [9.17, 15) is 8.76 Å². The Balaban J connectivity index is 2.70. The number of hydrogen-bond acceptors (Lipinski definition) is 3.